The zero-order valence-corrected chi connectivity index (χ0v) is 12.0. The molecule has 0 aliphatic rings. The molecule has 0 heterocycles. The summed E-state index contributed by atoms with van der Waals surface area (Å²) in [4.78, 5) is 21.8. The van der Waals surface area contributed by atoms with Crippen molar-refractivity contribution in [1.29, 1.82) is 0 Å². The lowest BCUT2D eigenvalue weighted by atomic mass is 10.0. The molecule has 0 radical (unpaired) electrons. The van der Waals surface area contributed by atoms with E-state index in [1.165, 1.54) is 6.07 Å². The third-order valence-corrected chi connectivity index (χ3v) is 3.30. The number of primary amides is 1. The molecule has 20 heavy (non-hydrogen) atoms. The first-order chi connectivity index (χ1) is 9.21. The van der Waals surface area contributed by atoms with Crippen LogP contribution in [0.5, 0.6) is 5.75 Å². The number of hydrogen-bond acceptors (Lipinski definition) is 5. The van der Waals surface area contributed by atoms with Gasteiger partial charge in [-0.2, -0.15) is 0 Å². The second-order valence-corrected chi connectivity index (χ2v) is 4.90. The van der Waals surface area contributed by atoms with Crippen LogP contribution in [0.15, 0.2) is 12.1 Å². The predicted molar refractivity (Wildman–Crippen MR) is 74.7 cm³/mol. The third-order valence-electron chi connectivity index (χ3n) is 3.30. The summed E-state index contributed by atoms with van der Waals surface area (Å²) in [5.41, 5.74) is 5.56. The molecule has 0 aliphatic carbocycles. The van der Waals surface area contributed by atoms with Crippen molar-refractivity contribution in [1.82, 2.24) is 5.32 Å². The summed E-state index contributed by atoms with van der Waals surface area (Å²) in [6.45, 7) is 5.04. The van der Waals surface area contributed by atoms with Crippen LogP contribution in [0.3, 0.4) is 0 Å². The Morgan fingerprint density at radius 3 is 2.50 bits per heavy atom. The van der Waals surface area contributed by atoms with E-state index in [1.807, 2.05) is 0 Å². The van der Waals surface area contributed by atoms with E-state index in [4.69, 9.17) is 10.5 Å². The van der Waals surface area contributed by atoms with Gasteiger partial charge >= 0.3 is 0 Å². The number of nitro groups is 1. The van der Waals surface area contributed by atoms with Gasteiger partial charge in [0.25, 0.3) is 5.69 Å². The van der Waals surface area contributed by atoms with Crippen LogP contribution in [0.2, 0.25) is 0 Å². The fraction of sp³-hybridized carbons (Fsp3) is 0.462. The standard InChI is InChI=1S/C13H19N3O4/c1-8-5-9(2)11(6-10(8)16(18)19)20-7-13(3,15-4)12(14)17/h5-6,15H,7H2,1-4H3,(H2,14,17). The number of hydrogen-bond donors (Lipinski definition) is 2. The third kappa shape index (κ3) is 3.24. The van der Waals surface area contributed by atoms with Crippen molar-refractivity contribution in [2.45, 2.75) is 26.3 Å². The van der Waals surface area contributed by atoms with Gasteiger partial charge in [0.05, 0.1) is 11.0 Å². The molecular formula is C13H19N3O4. The number of nitro benzene ring substituents is 1. The topological polar surface area (TPSA) is 107 Å². The zero-order valence-electron chi connectivity index (χ0n) is 12.0. The summed E-state index contributed by atoms with van der Waals surface area (Å²) in [5.74, 6) is -0.190. The van der Waals surface area contributed by atoms with Gasteiger partial charge in [0.2, 0.25) is 5.91 Å². The summed E-state index contributed by atoms with van der Waals surface area (Å²) in [7, 11) is 1.60. The molecule has 1 amide bonds. The van der Waals surface area contributed by atoms with Crippen molar-refractivity contribution in [3.8, 4) is 5.75 Å². The van der Waals surface area contributed by atoms with Gasteiger partial charge in [-0.1, -0.05) is 0 Å². The van der Waals surface area contributed by atoms with E-state index < -0.39 is 16.4 Å². The van der Waals surface area contributed by atoms with Crippen LogP contribution in [0.25, 0.3) is 0 Å². The van der Waals surface area contributed by atoms with Crippen LogP contribution in [-0.4, -0.2) is 30.0 Å². The molecule has 3 N–H and O–H groups in total. The van der Waals surface area contributed by atoms with Crippen molar-refractivity contribution in [2.24, 2.45) is 5.73 Å². The maximum atomic E-state index is 11.4. The molecule has 110 valence electrons. The average Bonchev–Trinajstić information content (AvgIpc) is 2.36. The minimum absolute atomic E-state index is 0.0140. The maximum absolute atomic E-state index is 11.4. The second-order valence-electron chi connectivity index (χ2n) is 4.90. The lowest BCUT2D eigenvalue weighted by Crippen LogP contribution is -2.55. The Morgan fingerprint density at radius 2 is 2.05 bits per heavy atom. The second kappa shape index (κ2) is 5.87. The SMILES string of the molecule is CNC(C)(COc1cc([N+](=O)[O-])c(C)cc1C)C(N)=O. The molecule has 1 atom stereocenters. The fourth-order valence-electron chi connectivity index (χ4n) is 1.66. The van der Waals surface area contributed by atoms with E-state index in [2.05, 4.69) is 5.32 Å². The average molecular weight is 281 g/mol. The summed E-state index contributed by atoms with van der Waals surface area (Å²) < 4.78 is 5.53. The van der Waals surface area contributed by atoms with Gasteiger partial charge in [0.15, 0.2) is 0 Å². The highest BCUT2D eigenvalue weighted by Crippen LogP contribution is 2.28. The molecule has 0 bridgehead atoms. The number of aryl methyl sites for hydroxylation is 2. The number of carbonyl (C=O) groups excluding carboxylic acids is 1. The molecule has 0 fully saturated rings. The number of carbonyl (C=O) groups is 1. The number of nitrogens with one attached hydrogen (secondary N) is 1. The number of amides is 1. The highest BCUT2D eigenvalue weighted by atomic mass is 16.6. The van der Waals surface area contributed by atoms with E-state index in [0.29, 0.717) is 11.3 Å². The fourth-order valence-corrected chi connectivity index (χ4v) is 1.66. The first-order valence-electron chi connectivity index (χ1n) is 6.08. The Hall–Kier alpha value is -2.15. The molecule has 1 rings (SSSR count). The lowest BCUT2D eigenvalue weighted by molar-refractivity contribution is -0.385. The van der Waals surface area contributed by atoms with Crippen LogP contribution >= 0.6 is 0 Å². The smallest absolute Gasteiger partial charge is 0.276 e. The van der Waals surface area contributed by atoms with Gasteiger partial charge in [0.1, 0.15) is 17.9 Å². The maximum Gasteiger partial charge on any atom is 0.276 e. The Bertz CT molecular complexity index is 545. The number of nitrogens with zero attached hydrogens (tertiary/aromatic N) is 1. The summed E-state index contributed by atoms with van der Waals surface area (Å²) in [6, 6.07) is 3.04. The Morgan fingerprint density at radius 1 is 1.45 bits per heavy atom. The normalized spacial score (nSPS) is 13.6. The molecule has 0 aromatic heterocycles. The van der Waals surface area contributed by atoms with Crippen LogP contribution in [0.1, 0.15) is 18.1 Å². The van der Waals surface area contributed by atoms with Gasteiger partial charge in [0, 0.05) is 5.56 Å². The highest BCUT2D eigenvalue weighted by Gasteiger charge is 2.30. The van der Waals surface area contributed by atoms with Crippen LogP contribution < -0.4 is 15.8 Å². The van der Waals surface area contributed by atoms with Gasteiger partial charge in [-0.05, 0) is 39.4 Å². The number of benzene rings is 1. The van der Waals surface area contributed by atoms with Crippen molar-refractivity contribution in [2.75, 3.05) is 13.7 Å². The van der Waals surface area contributed by atoms with Gasteiger partial charge in [-0.15, -0.1) is 0 Å². The van der Waals surface area contributed by atoms with E-state index in [9.17, 15) is 14.9 Å². The Kier molecular flexibility index (Phi) is 4.67. The van der Waals surface area contributed by atoms with Crippen molar-refractivity contribution in [3.63, 3.8) is 0 Å². The molecule has 0 spiro atoms. The molecule has 0 aliphatic heterocycles. The highest BCUT2D eigenvalue weighted by molar-refractivity contribution is 5.84. The van der Waals surface area contributed by atoms with Crippen LogP contribution in [-0.2, 0) is 4.79 Å². The summed E-state index contributed by atoms with van der Waals surface area (Å²) in [5, 5.41) is 13.7. The Labute approximate surface area is 117 Å². The molecule has 0 saturated carbocycles. The monoisotopic (exact) mass is 281 g/mol. The minimum Gasteiger partial charge on any atom is -0.491 e. The molecule has 1 aromatic rings. The first kappa shape index (κ1) is 15.9. The van der Waals surface area contributed by atoms with Crippen molar-refractivity contribution in [3.05, 3.63) is 33.4 Å². The molecule has 7 nitrogen and oxygen atoms in total. The lowest BCUT2D eigenvalue weighted by Gasteiger charge is -2.25. The Balaban J connectivity index is 3.01. The van der Waals surface area contributed by atoms with Gasteiger partial charge < -0.3 is 15.8 Å². The van der Waals surface area contributed by atoms with Crippen molar-refractivity contribution >= 4 is 11.6 Å². The quantitative estimate of drug-likeness (QED) is 0.598. The molecular weight excluding hydrogens is 262 g/mol. The summed E-state index contributed by atoms with van der Waals surface area (Å²) in [6.07, 6.45) is 0. The first-order valence-corrected chi connectivity index (χ1v) is 6.08. The van der Waals surface area contributed by atoms with Crippen molar-refractivity contribution < 1.29 is 14.5 Å². The molecule has 1 aromatic carbocycles. The molecule has 1 unspecified atom stereocenters. The number of rotatable bonds is 6. The zero-order chi connectivity index (χ0) is 15.5. The number of ether oxygens (including phenoxy) is 1. The minimum atomic E-state index is -1.04. The molecule has 7 heteroatoms. The number of likely N-dealkylation sites (N-methyl/N-ethyl adjacent to an activating group) is 1. The predicted octanol–water partition coefficient (Wildman–Crippen LogP) is 1.05. The van der Waals surface area contributed by atoms with E-state index in [-0.39, 0.29) is 12.3 Å². The largest absolute Gasteiger partial charge is 0.491 e. The number of nitrogens with two attached hydrogens (primary N) is 1. The van der Waals surface area contributed by atoms with E-state index in [1.54, 1.807) is 33.9 Å². The van der Waals surface area contributed by atoms with Crippen LogP contribution in [0.4, 0.5) is 5.69 Å². The van der Waals surface area contributed by atoms with E-state index in [0.717, 1.165) is 5.56 Å². The van der Waals surface area contributed by atoms with Crippen LogP contribution in [0, 0.1) is 24.0 Å². The van der Waals surface area contributed by atoms with Gasteiger partial charge in [-0.3, -0.25) is 14.9 Å². The molecule has 0 saturated heterocycles. The summed E-state index contributed by atoms with van der Waals surface area (Å²) >= 11 is 0. The van der Waals surface area contributed by atoms with E-state index >= 15 is 0 Å². The van der Waals surface area contributed by atoms with Gasteiger partial charge in [-0.25, -0.2) is 0 Å².